The van der Waals surface area contributed by atoms with Crippen LogP contribution in [0.25, 0.3) is 0 Å². The number of esters is 1. The van der Waals surface area contributed by atoms with Crippen molar-refractivity contribution in [3.05, 3.63) is 11.7 Å². The molecule has 1 unspecified atom stereocenters. The highest BCUT2D eigenvalue weighted by Gasteiger charge is 2.23. The molecule has 1 aromatic heterocycles. The van der Waals surface area contributed by atoms with Crippen molar-refractivity contribution in [2.24, 2.45) is 0 Å². The van der Waals surface area contributed by atoms with Crippen molar-refractivity contribution in [3.8, 4) is 0 Å². The molecule has 1 atom stereocenters. The Hall–Kier alpha value is -1.04. The second-order valence-electron chi connectivity index (χ2n) is 5.09. The molecule has 5 nitrogen and oxygen atoms in total. The van der Waals surface area contributed by atoms with Crippen LogP contribution in [0, 0.1) is 0 Å². The van der Waals surface area contributed by atoms with Gasteiger partial charge in [-0.2, -0.15) is 16.7 Å². The van der Waals surface area contributed by atoms with E-state index in [1.54, 1.807) is 13.8 Å². The van der Waals surface area contributed by atoms with Gasteiger partial charge in [0.2, 0.25) is 5.89 Å². The highest BCUT2D eigenvalue weighted by molar-refractivity contribution is 7.99. The van der Waals surface area contributed by atoms with Gasteiger partial charge in [-0.3, -0.25) is 4.79 Å². The van der Waals surface area contributed by atoms with Gasteiger partial charge in [0.25, 0.3) is 0 Å². The first-order chi connectivity index (χ1) is 9.70. The summed E-state index contributed by atoms with van der Waals surface area (Å²) in [5, 5.41) is 4.67. The van der Waals surface area contributed by atoms with Crippen molar-refractivity contribution in [3.63, 3.8) is 0 Å². The molecule has 1 heterocycles. The number of hydrogen-bond acceptors (Lipinski definition) is 6. The summed E-state index contributed by atoms with van der Waals surface area (Å²) in [7, 11) is 0. The van der Waals surface area contributed by atoms with E-state index < -0.39 is 5.92 Å². The normalized spacial score (nSPS) is 17.9. The fourth-order valence-corrected chi connectivity index (χ4v) is 3.46. The molecule has 1 aliphatic rings. The second kappa shape index (κ2) is 7.67. The number of carbonyl (C=O) groups is 1. The van der Waals surface area contributed by atoms with Gasteiger partial charge in [0, 0.05) is 5.25 Å². The molecule has 0 radical (unpaired) electrons. The van der Waals surface area contributed by atoms with Gasteiger partial charge in [0.05, 0.1) is 12.4 Å². The van der Waals surface area contributed by atoms with Crippen LogP contribution in [0.4, 0.5) is 0 Å². The predicted molar refractivity (Wildman–Crippen MR) is 77.5 cm³/mol. The number of nitrogens with zero attached hydrogens (tertiary/aromatic N) is 2. The fourth-order valence-electron chi connectivity index (χ4n) is 2.29. The maximum atomic E-state index is 11.6. The van der Waals surface area contributed by atoms with Crippen LogP contribution in [0.3, 0.4) is 0 Å². The van der Waals surface area contributed by atoms with E-state index in [4.69, 9.17) is 9.26 Å². The molecule has 20 heavy (non-hydrogen) atoms. The van der Waals surface area contributed by atoms with Crippen molar-refractivity contribution in [2.45, 2.75) is 62.9 Å². The number of ether oxygens (including phenoxy) is 1. The summed E-state index contributed by atoms with van der Waals surface area (Å²) in [5.74, 6) is 0.969. The summed E-state index contributed by atoms with van der Waals surface area (Å²) in [6.45, 7) is 3.87. The van der Waals surface area contributed by atoms with Crippen LogP contribution in [0.1, 0.15) is 63.6 Å². The summed E-state index contributed by atoms with van der Waals surface area (Å²) in [6.07, 6.45) is 6.59. The maximum Gasteiger partial charge on any atom is 0.318 e. The number of rotatable bonds is 6. The molecular weight excluding hydrogens is 276 g/mol. The molecule has 6 heteroatoms. The van der Waals surface area contributed by atoms with Gasteiger partial charge in [-0.05, 0) is 26.7 Å². The average molecular weight is 298 g/mol. The highest BCUT2D eigenvalue weighted by atomic mass is 32.2. The van der Waals surface area contributed by atoms with E-state index in [9.17, 15) is 4.79 Å². The Balaban J connectivity index is 1.83. The zero-order valence-corrected chi connectivity index (χ0v) is 12.9. The van der Waals surface area contributed by atoms with Gasteiger partial charge in [-0.25, -0.2) is 0 Å². The smallest absolute Gasteiger partial charge is 0.318 e. The first kappa shape index (κ1) is 15.4. The van der Waals surface area contributed by atoms with E-state index >= 15 is 0 Å². The van der Waals surface area contributed by atoms with Crippen LogP contribution in [-0.2, 0) is 15.3 Å². The van der Waals surface area contributed by atoms with Crippen molar-refractivity contribution >= 4 is 17.7 Å². The summed E-state index contributed by atoms with van der Waals surface area (Å²) in [6, 6.07) is 0. The lowest BCUT2D eigenvalue weighted by Gasteiger charge is -2.19. The minimum Gasteiger partial charge on any atom is -0.465 e. The van der Waals surface area contributed by atoms with Crippen LogP contribution in [0.2, 0.25) is 0 Å². The molecule has 1 fully saturated rings. The molecule has 0 N–H and O–H groups in total. The quantitative estimate of drug-likeness (QED) is 0.751. The first-order valence-corrected chi connectivity index (χ1v) is 8.36. The van der Waals surface area contributed by atoms with Crippen LogP contribution >= 0.6 is 11.8 Å². The molecule has 1 aliphatic carbocycles. The molecule has 0 bridgehead atoms. The Labute approximate surface area is 123 Å². The zero-order chi connectivity index (χ0) is 14.4. The third kappa shape index (κ3) is 4.23. The van der Waals surface area contributed by atoms with Gasteiger partial charge in [-0.15, -0.1) is 0 Å². The van der Waals surface area contributed by atoms with E-state index in [1.165, 1.54) is 32.1 Å². The van der Waals surface area contributed by atoms with Crippen molar-refractivity contribution < 1.29 is 14.1 Å². The predicted octanol–water partition coefficient (Wildman–Crippen LogP) is 3.30. The minimum absolute atomic E-state index is 0.317. The molecule has 1 aromatic rings. The van der Waals surface area contributed by atoms with E-state index in [1.807, 2.05) is 11.8 Å². The molecule has 112 valence electrons. The highest BCUT2D eigenvalue weighted by Crippen LogP contribution is 2.30. The summed E-state index contributed by atoms with van der Waals surface area (Å²) in [4.78, 5) is 15.9. The molecule has 1 saturated carbocycles. The van der Waals surface area contributed by atoms with E-state index in [-0.39, 0.29) is 5.97 Å². The Morgan fingerprint density at radius 3 is 2.90 bits per heavy atom. The number of hydrogen-bond donors (Lipinski definition) is 0. The van der Waals surface area contributed by atoms with Crippen LogP contribution in [0.15, 0.2) is 4.52 Å². The number of thioether (sulfide) groups is 1. The van der Waals surface area contributed by atoms with Crippen molar-refractivity contribution in [2.75, 3.05) is 6.61 Å². The van der Waals surface area contributed by atoms with Crippen molar-refractivity contribution in [1.29, 1.82) is 0 Å². The van der Waals surface area contributed by atoms with Gasteiger partial charge in [0.1, 0.15) is 5.92 Å². The number of carbonyl (C=O) groups excluding carboxylic acids is 1. The molecule has 0 aliphatic heterocycles. The Morgan fingerprint density at radius 1 is 1.45 bits per heavy atom. The van der Waals surface area contributed by atoms with Crippen molar-refractivity contribution in [1.82, 2.24) is 10.1 Å². The van der Waals surface area contributed by atoms with E-state index in [0.717, 1.165) is 5.75 Å². The lowest BCUT2D eigenvalue weighted by atomic mass is 10.0. The van der Waals surface area contributed by atoms with Gasteiger partial charge < -0.3 is 9.26 Å². The fraction of sp³-hybridized carbons (Fsp3) is 0.786. The van der Waals surface area contributed by atoms with E-state index in [2.05, 4.69) is 10.1 Å². The van der Waals surface area contributed by atoms with Crippen LogP contribution in [-0.4, -0.2) is 28.0 Å². The first-order valence-electron chi connectivity index (χ1n) is 7.31. The summed E-state index contributed by atoms with van der Waals surface area (Å²) in [5.41, 5.74) is 0. The molecule has 0 saturated heterocycles. The monoisotopic (exact) mass is 298 g/mol. The van der Waals surface area contributed by atoms with Gasteiger partial charge in [0.15, 0.2) is 5.82 Å². The van der Waals surface area contributed by atoms with Crippen LogP contribution in [0.5, 0.6) is 0 Å². The molecule has 2 rings (SSSR count). The third-order valence-electron chi connectivity index (χ3n) is 3.49. The lowest BCUT2D eigenvalue weighted by molar-refractivity contribution is -0.145. The molecule has 0 amide bonds. The molecule has 0 aromatic carbocycles. The van der Waals surface area contributed by atoms with E-state index in [0.29, 0.717) is 23.6 Å². The summed E-state index contributed by atoms with van der Waals surface area (Å²) < 4.78 is 10.1. The third-order valence-corrected chi connectivity index (χ3v) is 4.86. The van der Waals surface area contributed by atoms with Crippen LogP contribution < -0.4 is 0 Å². The minimum atomic E-state index is -0.490. The Morgan fingerprint density at radius 2 is 2.20 bits per heavy atom. The average Bonchev–Trinajstić information content (AvgIpc) is 2.94. The standard InChI is InChI=1S/C14H22N2O3S/c1-3-18-14(17)10(2)13-15-12(16-19-13)9-20-11-7-5-4-6-8-11/h10-11H,3-9H2,1-2H3. The summed E-state index contributed by atoms with van der Waals surface area (Å²) >= 11 is 1.89. The molecule has 0 spiro atoms. The topological polar surface area (TPSA) is 65.2 Å². The SMILES string of the molecule is CCOC(=O)C(C)c1nc(CSC2CCCCC2)no1. The maximum absolute atomic E-state index is 11.6. The Bertz CT molecular complexity index is 430. The molecular formula is C14H22N2O3S. The largest absolute Gasteiger partial charge is 0.465 e. The second-order valence-corrected chi connectivity index (χ2v) is 6.38. The number of aromatic nitrogens is 2. The van der Waals surface area contributed by atoms with Gasteiger partial charge >= 0.3 is 5.97 Å². The van der Waals surface area contributed by atoms with Gasteiger partial charge in [-0.1, -0.05) is 24.4 Å². The zero-order valence-electron chi connectivity index (χ0n) is 12.1. The lowest BCUT2D eigenvalue weighted by Crippen LogP contribution is -2.13. The Kier molecular flexibility index (Phi) is 5.88.